The average Bonchev–Trinajstić information content (AvgIpc) is 2.27. The van der Waals surface area contributed by atoms with Crippen molar-refractivity contribution in [2.45, 2.75) is 13.0 Å². The molecule has 0 aromatic heterocycles. The summed E-state index contributed by atoms with van der Waals surface area (Å²) in [6, 6.07) is 2.31. The second-order valence-corrected chi connectivity index (χ2v) is 5.52. The van der Waals surface area contributed by atoms with Crippen molar-refractivity contribution in [2.75, 3.05) is 12.0 Å². The van der Waals surface area contributed by atoms with E-state index in [-0.39, 0.29) is 11.4 Å². The molecule has 104 valence electrons. The van der Waals surface area contributed by atoms with Crippen molar-refractivity contribution in [2.24, 2.45) is 0 Å². The Bertz CT molecular complexity index is 535. The molecule has 1 amide bonds. The van der Waals surface area contributed by atoms with E-state index in [4.69, 9.17) is 0 Å². The summed E-state index contributed by atoms with van der Waals surface area (Å²) in [5, 5.41) is 13.0. The maximum Gasteiger partial charge on any atom is 0.270 e. The number of benzene rings is 1. The smallest absolute Gasteiger partial charge is 0.270 e. The summed E-state index contributed by atoms with van der Waals surface area (Å²) < 4.78 is 24.4. The predicted molar refractivity (Wildman–Crippen MR) is 68.9 cm³/mol. The monoisotopic (exact) mass is 288 g/mol. The lowest BCUT2D eigenvalue weighted by atomic mass is 10.1. The lowest BCUT2D eigenvalue weighted by Gasteiger charge is -2.12. The number of hydrogen-bond acceptors (Lipinski definition) is 4. The van der Waals surface area contributed by atoms with Crippen LogP contribution in [-0.4, -0.2) is 33.1 Å². The molecule has 19 heavy (non-hydrogen) atoms. The SMILES string of the molecule is CC(CS(C)=O)NC(=O)c1cc([N+](=O)[O-])ccc1F. The normalized spacial score (nSPS) is 13.6. The zero-order valence-electron chi connectivity index (χ0n) is 10.4. The van der Waals surface area contributed by atoms with E-state index in [9.17, 15) is 23.5 Å². The Balaban J connectivity index is 2.90. The van der Waals surface area contributed by atoms with Gasteiger partial charge >= 0.3 is 0 Å². The van der Waals surface area contributed by atoms with Crippen LogP contribution in [0, 0.1) is 15.9 Å². The zero-order valence-corrected chi connectivity index (χ0v) is 11.2. The minimum absolute atomic E-state index is 0.224. The first kappa shape index (κ1) is 15.2. The van der Waals surface area contributed by atoms with E-state index in [2.05, 4.69) is 5.32 Å². The van der Waals surface area contributed by atoms with E-state index in [0.717, 1.165) is 18.2 Å². The molecule has 0 saturated carbocycles. The third kappa shape index (κ3) is 4.40. The highest BCUT2D eigenvalue weighted by atomic mass is 32.2. The van der Waals surface area contributed by atoms with Gasteiger partial charge in [-0.25, -0.2) is 4.39 Å². The van der Waals surface area contributed by atoms with Crippen molar-refractivity contribution in [1.82, 2.24) is 5.32 Å². The molecule has 0 saturated heterocycles. The van der Waals surface area contributed by atoms with Crippen LogP contribution in [0.4, 0.5) is 10.1 Å². The number of nitrogens with one attached hydrogen (secondary N) is 1. The van der Waals surface area contributed by atoms with Crippen LogP contribution in [0.25, 0.3) is 0 Å². The number of hydrogen-bond donors (Lipinski definition) is 1. The van der Waals surface area contributed by atoms with E-state index in [1.54, 1.807) is 6.92 Å². The Kier molecular flexibility index (Phi) is 5.11. The molecule has 1 aromatic rings. The van der Waals surface area contributed by atoms with Gasteiger partial charge in [-0.05, 0) is 13.0 Å². The molecule has 0 aliphatic heterocycles. The van der Waals surface area contributed by atoms with E-state index in [0.29, 0.717) is 0 Å². The van der Waals surface area contributed by atoms with Crippen molar-refractivity contribution in [3.8, 4) is 0 Å². The minimum Gasteiger partial charge on any atom is -0.349 e. The van der Waals surface area contributed by atoms with Crippen molar-refractivity contribution in [3.63, 3.8) is 0 Å². The molecule has 0 spiro atoms. The quantitative estimate of drug-likeness (QED) is 0.652. The van der Waals surface area contributed by atoms with E-state index in [1.807, 2.05) is 0 Å². The van der Waals surface area contributed by atoms with Crippen LogP contribution in [0.15, 0.2) is 18.2 Å². The molecule has 0 aliphatic carbocycles. The van der Waals surface area contributed by atoms with Crippen LogP contribution >= 0.6 is 0 Å². The minimum atomic E-state index is -1.10. The first-order valence-electron chi connectivity index (χ1n) is 5.36. The van der Waals surface area contributed by atoms with Gasteiger partial charge in [0.15, 0.2) is 0 Å². The summed E-state index contributed by atoms with van der Waals surface area (Å²) in [6.45, 7) is 1.62. The summed E-state index contributed by atoms with van der Waals surface area (Å²) in [5.74, 6) is -1.38. The van der Waals surface area contributed by atoms with Gasteiger partial charge in [-0.3, -0.25) is 19.1 Å². The number of nitro groups is 1. The van der Waals surface area contributed by atoms with Crippen molar-refractivity contribution in [1.29, 1.82) is 0 Å². The Hall–Kier alpha value is -1.83. The Morgan fingerprint density at radius 1 is 1.58 bits per heavy atom. The molecular weight excluding hydrogens is 275 g/mol. The number of rotatable bonds is 5. The highest BCUT2D eigenvalue weighted by Crippen LogP contribution is 2.16. The first-order chi connectivity index (χ1) is 8.81. The second-order valence-electron chi connectivity index (χ2n) is 4.04. The molecule has 2 unspecified atom stereocenters. The van der Waals surface area contributed by atoms with Crippen LogP contribution < -0.4 is 5.32 Å². The van der Waals surface area contributed by atoms with Gasteiger partial charge in [-0.2, -0.15) is 0 Å². The van der Waals surface area contributed by atoms with Gasteiger partial charge in [0, 0.05) is 41.0 Å². The Morgan fingerprint density at radius 2 is 2.21 bits per heavy atom. The summed E-state index contributed by atoms with van der Waals surface area (Å²) in [7, 11) is -1.10. The maximum absolute atomic E-state index is 13.5. The van der Waals surface area contributed by atoms with Crippen molar-refractivity contribution in [3.05, 3.63) is 39.7 Å². The van der Waals surface area contributed by atoms with Gasteiger partial charge in [0.2, 0.25) is 0 Å². The van der Waals surface area contributed by atoms with Crippen LogP contribution in [0.5, 0.6) is 0 Å². The van der Waals surface area contributed by atoms with Gasteiger partial charge in [-0.15, -0.1) is 0 Å². The van der Waals surface area contributed by atoms with Crippen LogP contribution in [-0.2, 0) is 10.8 Å². The fourth-order valence-corrected chi connectivity index (χ4v) is 2.28. The maximum atomic E-state index is 13.5. The summed E-state index contributed by atoms with van der Waals surface area (Å²) in [6.07, 6.45) is 1.48. The van der Waals surface area contributed by atoms with Gasteiger partial charge in [0.25, 0.3) is 11.6 Å². The molecule has 1 aromatic carbocycles. The summed E-state index contributed by atoms with van der Waals surface area (Å²) in [5.41, 5.74) is -0.763. The van der Waals surface area contributed by atoms with E-state index >= 15 is 0 Å². The molecule has 0 bridgehead atoms. The predicted octanol–water partition coefficient (Wildman–Crippen LogP) is 1.23. The third-order valence-electron chi connectivity index (χ3n) is 2.27. The number of nitro benzene ring substituents is 1. The Morgan fingerprint density at radius 3 is 2.74 bits per heavy atom. The van der Waals surface area contributed by atoms with E-state index in [1.165, 1.54) is 6.26 Å². The number of carbonyl (C=O) groups is 1. The highest BCUT2D eigenvalue weighted by molar-refractivity contribution is 7.84. The van der Waals surface area contributed by atoms with Gasteiger partial charge in [0.05, 0.1) is 10.5 Å². The average molecular weight is 288 g/mol. The fraction of sp³-hybridized carbons (Fsp3) is 0.364. The highest BCUT2D eigenvalue weighted by Gasteiger charge is 2.18. The molecule has 0 fully saturated rings. The number of carbonyl (C=O) groups excluding carboxylic acids is 1. The van der Waals surface area contributed by atoms with Crippen LogP contribution in [0.3, 0.4) is 0 Å². The largest absolute Gasteiger partial charge is 0.349 e. The number of nitrogens with zero attached hydrogens (tertiary/aromatic N) is 1. The molecule has 1 rings (SSSR count). The van der Waals surface area contributed by atoms with Crippen molar-refractivity contribution >= 4 is 22.4 Å². The first-order valence-corrected chi connectivity index (χ1v) is 7.08. The molecule has 1 N–H and O–H groups in total. The standard InChI is InChI=1S/C11H13FN2O4S/c1-7(6-19(2)18)13-11(15)9-5-8(14(16)17)3-4-10(9)12/h3-5,7H,6H2,1-2H3,(H,13,15). The van der Waals surface area contributed by atoms with Crippen LogP contribution in [0.1, 0.15) is 17.3 Å². The van der Waals surface area contributed by atoms with Gasteiger partial charge in [-0.1, -0.05) is 0 Å². The molecule has 8 heteroatoms. The lowest BCUT2D eigenvalue weighted by Crippen LogP contribution is -2.36. The fourth-order valence-electron chi connectivity index (χ4n) is 1.50. The lowest BCUT2D eigenvalue weighted by molar-refractivity contribution is -0.384. The molecule has 6 nitrogen and oxygen atoms in total. The molecular formula is C11H13FN2O4S. The summed E-state index contributed by atoms with van der Waals surface area (Å²) in [4.78, 5) is 21.6. The topological polar surface area (TPSA) is 89.3 Å². The third-order valence-corrected chi connectivity index (χ3v) is 3.24. The molecule has 0 heterocycles. The van der Waals surface area contributed by atoms with Crippen LogP contribution in [0.2, 0.25) is 0 Å². The number of halogens is 1. The summed E-state index contributed by atoms with van der Waals surface area (Å²) >= 11 is 0. The Labute approximate surface area is 111 Å². The molecule has 0 radical (unpaired) electrons. The molecule has 0 aliphatic rings. The van der Waals surface area contributed by atoms with E-state index < -0.39 is 39.1 Å². The zero-order chi connectivity index (χ0) is 14.6. The van der Waals surface area contributed by atoms with Crippen molar-refractivity contribution < 1.29 is 18.3 Å². The van der Waals surface area contributed by atoms with Gasteiger partial charge in [0.1, 0.15) is 5.82 Å². The second kappa shape index (κ2) is 6.37. The van der Waals surface area contributed by atoms with Gasteiger partial charge < -0.3 is 5.32 Å². The number of non-ortho nitro benzene ring substituents is 1. The molecule has 2 atom stereocenters. The number of amides is 1.